The van der Waals surface area contributed by atoms with Gasteiger partial charge < -0.3 is 15.0 Å². The van der Waals surface area contributed by atoms with Crippen molar-refractivity contribution in [2.75, 3.05) is 31.6 Å². The van der Waals surface area contributed by atoms with Gasteiger partial charge in [-0.1, -0.05) is 0 Å². The first kappa shape index (κ1) is 12.7. The largest absolute Gasteiger partial charge is 0.373 e. The van der Waals surface area contributed by atoms with Crippen LogP contribution in [0.3, 0.4) is 0 Å². The van der Waals surface area contributed by atoms with E-state index in [9.17, 15) is 9.18 Å². The molecule has 0 aliphatic carbocycles. The molecule has 2 rings (SSSR count). The fourth-order valence-electron chi connectivity index (χ4n) is 1.74. The van der Waals surface area contributed by atoms with Crippen LogP contribution in [0.2, 0.25) is 0 Å². The molecule has 0 bridgehead atoms. The summed E-state index contributed by atoms with van der Waals surface area (Å²) in [7, 11) is 0. The van der Waals surface area contributed by atoms with Gasteiger partial charge >= 0.3 is 0 Å². The summed E-state index contributed by atoms with van der Waals surface area (Å²) in [5.74, 6) is -0.0847. The standard InChI is InChI=1S/C11H15FN4O2/c1-8(17)16-2-3-18-10(7-16)6-15-11-13-4-9(12)5-14-11/h4-5,10H,2-3,6-7H2,1H3,(H,13,14,15)/t10-/m1/s1. The maximum absolute atomic E-state index is 12.6. The van der Waals surface area contributed by atoms with Crippen molar-refractivity contribution in [2.24, 2.45) is 0 Å². The van der Waals surface area contributed by atoms with E-state index in [1.807, 2.05) is 0 Å². The van der Waals surface area contributed by atoms with E-state index < -0.39 is 5.82 Å². The Morgan fingerprint density at radius 1 is 1.61 bits per heavy atom. The molecule has 0 spiro atoms. The number of hydrogen-bond donors (Lipinski definition) is 1. The summed E-state index contributed by atoms with van der Waals surface area (Å²) in [6.45, 7) is 3.72. The number of hydrogen-bond acceptors (Lipinski definition) is 5. The van der Waals surface area contributed by atoms with Crippen LogP contribution in [0, 0.1) is 5.82 Å². The van der Waals surface area contributed by atoms with Gasteiger partial charge in [0, 0.05) is 26.6 Å². The molecular weight excluding hydrogens is 239 g/mol. The molecule has 6 nitrogen and oxygen atoms in total. The summed E-state index contributed by atoms with van der Waals surface area (Å²) in [4.78, 5) is 20.5. The van der Waals surface area contributed by atoms with Crippen LogP contribution in [0.25, 0.3) is 0 Å². The predicted octanol–water partition coefficient (Wildman–Crippen LogP) is 0.275. The first-order chi connectivity index (χ1) is 8.65. The molecule has 18 heavy (non-hydrogen) atoms. The smallest absolute Gasteiger partial charge is 0.222 e. The zero-order valence-electron chi connectivity index (χ0n) is 10.1. The second kappa shape index (κ2) is 5.72. The van der Waals surface area contributed by atoms with E-state index in [2.05, 4.69) is 15.3 Å². The number of carbonyl (C=O) groups excluding carboxylic acids is 1. The molecule has 7 heteroatoms. The first-order valence-electron chi connectivity index (χ1n) is 5.73. The van der Waals surface area contributed by atoms with E-state index >= 15 is 0 Å². The lowest BCUT2D eigenvalue weighted by Crippen LogP contribution is -2.47. The lowest BCUT2D eigenvalue weighted by molar-refractivity contribution is -0.135. The van der Waals surface area contributed by atoms with Gasteiger partial charge in [-0.15, -0.1) is 0 Å². The zero-order valence-corrected chi connectivity index (χ0v) is 10.1. The molecule has 1 aliphatic rings. The highest BCUT2D eigenvalue weighted by Crippen LogP contribution is 2.06. The van der Waals surface area contributed by atoms with Crippen molar-refractivity contribution in [2.45, 2.75) is 13.0 Å². The first-order valence-corrected chi connectivity index (χ1v) is 5.73. The van der Waals surface area contributed by atoms with Gasteiger partial charge in [0.2, 0.25) is 11.9 Å². The Bertz CT molecular complexity index is 412. The molecule has 1 aliphatic heterocycles. The molecule has 98 valence electrons. The van der Waals surface area contributed by atoms with Crippen molar-refractivity contribution in [1.29, 1.82) is 0 Å². The number of nitrogens with zero attached hydrogens (tertiary/aromatic N) is 3. The Morgan fingerprint density at radius 3 is 3.00 bits per heavy atom. The maximum atomic E-state index is 12.6. The van der Waals surface area contributed by atoms with Gasteiger partial charge in [0.1, 0.15) is 0 Å². The Morgan fingerprint density at radius 2 is 2.33 bits per heavy atom. The van der Waals surface area contributed by atoms with Gasteiger partial charge in [0.25, 0.3) is 0 Å². The van der Waals surface area contributed by atoms with Gasteiger partial charge in [-0.25, -0.2) is 14.4 Å². The average Bonchev–Trinajstić information content (AvgIpc) is 2.38. The Kier molecular flexibility index (Phi) is 4.03. The lowest BCUT2D eigenvalue weighted by Gasteiger charge is -2.32. The molecule has 1 atom stereocenters. The molecule has 0 aromatic carbocycles. The number of nitrogens with one attached hydrogen (secondary N) is 1. The summed E-state index contributed by atoms with van der Waals surface area (Å²) in [6.07, 6.45) is 2.09. The van der Waals surface area contributed by atoms with Crippen molar-refractivity contribution >= 4 is 11.9 Å². The number of anilines is 1. The van der Waals surface area contributed by atoms with Crippen LogP contribution in [0.4, 0.5) is 10.3 Å². The third kappa shape index (κ3) is 3.36. The van der Waals surface area contributed by atoms with Crippen LogP contribution >= 0.6 is 0 Å². The van der Waals surface area contributed by atoms with Crippen molar-refractivity contribution in [3.05, 3.63) is 18.2 Å². The molecule has 2 heterocycles. The minimum Gasteiger partial charge on any atom is -0.373 e. The summed E-state index contributed by atoms with van der Waals surface area (Å²) >= 11 is 0. The van der Waals surface area contributed by atoms with Crippen LogP contribution in [-0.4, -0.2) is 53.1 Å². The van der Waals surface area contributed by atoms with Gasteiger partial charge in [0.15, 0.2) is 5.82 Å². The highest BCUT2D eigenvalue weighted by atomic mass is 19.1. The molecule has 1 saturated heterocycles. The average molecular weight is 254 g/mol. The molecular formula is C11H15FN4O2. The van der Waals surface area contributed by atoms with E-state index in [1.54, 1.807) is 11.8 Å². The van der Waals surface area contributed by atoms with Gasteiger partial charge in [0.05, 0.1) is 25.1 Å². The fraction of sp³-hybridized carbons (Fsp3) is 0.545. The normalized spacial score (nSPS) is 19.7. The summed E-state index contributed by atoms with van der Waals surface area (Å²) in [6, 6.07) is 0. The number of carbonyl (C=O) groups is 1. The van der Waals surface area contributed by atoms with Crippen molar-refractivity contribution in [3.8, 4) is 0 Å². The van der Waals surface area contributed by atoms with E-state index in [1.165, 1.54) is 0 Å². The summed E-state index contributed by atoms with van der Waals surface area (Å²) in [5, 5.41) is 2.95. The van der Waals surface area contributed by atoms with Gasteiger partial charge in [-0.05, 0) is 0 Å². The number of amides is 1. The monoisotopic (exact) mass is 254 g/mol. The molecule has 1 amide bonds. The van der Waals surface area contributed by atoms with Gasteiger partial charge in [-0.3, -0.25) is 4.79 Å². The van der Waals surface area contributed by atoms with E-state index in [0.29, 0.717) is 32.2 Å². The molecule has 0 saturated carbocycles. The van der Waals surface area contributed by atoms with Crippen LogP contribution in [0.1, 0.15) is 6.92 Å². The number of halogens is 1. The summed E-state index contributed by atoms with van der Waals surface area (Å²) in [5.41, 5.74) is 0. The minimum absolute atomic E-state index is 0.0429. The predicted molar refractivity (Wildman–Crippen MR) is 62.5 cm³/mol. The van der Waals surface area contributed by atoms with Crippen LogP contribution in [-0.2, 0) is 9.53 Å². The van der Waals surface area contributed by atoms with Crippen LogP contribution in [0.5, 0.6) is 0 Å². The zero-order chi connectivity index (χ0) is 13.0. The van der Waals surface area contributed by atoms with Crippen LogP contribution in [0.15, 0.2) is 12.4 Å². The fourth-order valence-corrected chi connectivity index (χ4v) is 1.74. The Balaban J connectivity index is 1.82. The third-order valence-electron chi connectivity index (χ3n) is 2.69. The molecule has 1 aromatic rings. The second-order valence-corrected chi connectivity index (χ2v) is 4.06. The van der Waals surface area contributed by atoms with E-state index in [0.717, 1.165) is 12.4 Å². The van der Waals surface area contributed by atoms with Crippen molar-refractivity contribution in [1.82, 2.24) is 14.9 Å². The van der Waals surface area contributed by atoms with E-state index in [-0.39, 0.29) is 12.0 Å². The molecule has 1 aromatic heterocycles. The summed E-state index contributed by atoms with van der Waals surface area (Å²) < 4.78 is 18.1. The lowest BCUT2D eigenvalue weighted by atomic mass is 10.2. The second-order valence-electron chi connectivity index (χ2n) is 4.06. The minimum atomic E-state index is -0.475. The highest BCUT2D eigenvalue weighted by molar-refractivity contribution is 5.73. The molecule has 0 radical (unpaired) electrons. The third-order valence-corrected chi connectivity index (χ3v) is 2.69. The number of aromatic nitrogens is 2. The van der Waals surface area contributed by atoms with Gasteiger partial charge in [-0.2, -0.15) is 0 Å². The topological polar surface area (TPSA) is 67.3 Å². The number of rotatable bonds is 3. The molecule has 1 N–H and O–H groups in total. The number of ether oxygens (including phenoxy) is 1. The Hall–Kier alpha value is -1.76. The quantitative estimate of drug-likeness (QED) is 0.839. The SMILES string of the molecule is CC(=O)N1CCO[C@H](CNc2ncc(F)cn2)C1. The molecule has 0 unspecified atom stereocenters. The Labute approximate surface area is 104 Å². The van der Waals surface area contributed by atoms with E-state index in [4.69, 9.17) is 4.74 Å². The highest BCUT2D eigenvalue weighted by Gasteiger charge is 2.21. The number of morpholine rings is 1. The van der Waals surface area contributed by atoms with Crippen molar-refractivity contribution < 1.29 is 13.9 Å². The van der Waals surface area contributed by atoms with Crippen molar-refractivity contribution in [3.63, 3.8) is 0 Å². The molecule has 1 fully saturated rings. The van der Waals surface area contributed by atoms with Crippen LogP contribution < -0.4 is 5.32 Å². The maximum Gasteiger partial charge on any atom is 0.222 e.